The van der Waals surface area contributed by atoms with Crippen LogP contribution in [0.2, 0.25) is 0 Å². The van der Waals surface area contributed by atoms with E-state index in [1.165, 1.54) is 7.11 Å². The van der Waals surface area contributed by atoms with Crippen LogP contribution in [0.1, 0.15) is 55.0 Å². The number of likely N-dealkylation sites (tertiary alicyclic amines) is 1. The Bertz CT molecular complexity index is 1150. The van der Waals surface area contributed by atoms with E-state index in [0.717, 1.165) is 29.7 Å². The predicted molar refractivity (Wildman–Crippen MR) is 121 cm³/mol. The molecule has 1 fully saturated rings. The molecule has 1 aromatic heterocycles. The van der Waals surface area contributed by atoms with E-state index in [1.54, 1.807) is 18.2 Å². The molecule has 8 nitrogen and oxygen atoms in total. The molecule has 1 unspecified atom stereocenters. The van der Waals surface area contributed by atoms with Crippen molar-refractivity contribution in [1.82, 2.24) is 14.5 Å². The summed E-state index contributed by atoms with van der Waals surface area (Å²) in [6.45, 7) is 4.67. The minimum absolute atomic E-state index is 0.0883. The van der Waals surface area contributed by atoms with Gasteiger partial charge in [0.2, 0.25) is 0 Å². The first-order valence-electron chi connectivity index (χ1n) is 10.8. The second-order valence-electron chi connectivity index (χ2n) is 8.20. The fourth-order valence-electron chi connectivity index (χ4n) is 4.35. The Labute approximate surface area is 186 Å². The summed E-state index contributed by atoms with van der Waals surface area (Å²) in [4.78, 5) is 31.3. The first-order valence-corrected chi connectivity index (χ1v) is 10.8. The van der Waals surface area contributed by atoms with Gasteiger partial charge in [0.25, 0.3) is 11.8 Å². The number of methoxy groups -OCH3 is 1. The molecule has 8 heteroatoms. The van der Waals surface area contributed by atoms with E-state index in [4.69, 9.17) is 20.2 Å². The molecule has 1 atom stereocenters. The van der Waals surface area contributed by atoms with Crippen LogP contribution in [0.5, 0.6) is 11.5 Å². The minimum atomic E-state index is -0.583. The van der Waals surface area contributed by atoms with Crippen molar-refractivity contribution in [3.8, 4) is 11.5 Å². The molecule has 1 aliphatic rings. The lowest BCUT2D eigenvalue weighted by atomic mass is 10.1. The van der Waals surface area contributed by atoms with Crippen LogP contribution in [-0.4, -0.2) is 46.5 Å². The number of para-hydroxylation sites is 2. The largest absolute Gasteiger partial charge is 0.493 e. The van der Waals surface area contributed by atoms with Crippen LogP contribution < -0.4 is 15.2 Å². The van der Waals surface area contributed by atoms with Crippen LogP contribution in [0.3, 0.4) is 0 Å². The third-order valence-electron chi connectivity index (χ3n) is 5.73. The van der Waals surface area contributed by atoms with Crippen molar-refractivity contribution in [2.24, 2.45) is 5.73 Å². The van der Waals surface area contributed by atoms with Crippen LogP contribution in [0, 0.1) is 0 Å². The first kappa shape index (κ1) is 21.7. The number of imidazole rings is 1. The van der Waals surface area contributed by atoms with Gasteiger partial charge in [-0.1, -0.05) is 12.1 Å². The molecule has 2 aromatic carbocycles. The number of hydrogen-bond acceptors (Lipinski definition) is 5. The number of nitrogens with two attached hydrogens (primary N) is 1. The minimum Gasteiger partial charge on any atom is -0.493 e. The van der Waals surface area contributed by atoms with Crippen LogP contribution in [0.15, 0.2) is 42.5 Å². The topological polar surface area (TPSA) is 99.7 Å². The molecule has 2 N–H and O–H groups in total. The quantitative estimate of drug-likeness (QED) is 0.611. The maximum Gasteiger partial charge on any atom is 0.255 e. The Morgan fingerprint density at radius 2 is 1.97 bits per heavy atom. The monoisotopic (exact) mass is 436 g/mol. The standard InChI is InChI=1S/C24H28N4O4/c1-15(2)28-18-8-5-4-7-17(18)26-23(28)19-9-6-12-27(19)24(30)16-10-11-20(21(13-16)31-3)32-14-22(25)29/h4-5,7-8,10-11,13,15,19H,6,9,12,14H2,1-3H3,(H2,25,29). The highest BCUT2D eigenvalue weighted by Gasteiger charge is 2.35. The number of carbonyl (C=O) groups excluding carboxylic acids is 2. The Balaban J connectivity index is 1.66. The number of primary amides is 1. The molecule has 3 aromatic rings. The maximum atomic E-state index is 13.5. The fraction of sp³-hybridized carbons (Fsp3) is 0.375. The van der Waals surface area contributed by atoms with Gasteiger partial charge in [-0.3, -0.25) is 9.59 Å². The molecular formula is C24H28N4O4. The summed E-state index contributed by atoms with van der Waals surface area (Å²) >= 11 is 0. The molecule has 2 amide bonds. The smallest absolute Gasteiger partial charge is 0.255 e. The highest BCUT2D eigenvalue weighted by atomic mass is 16.5. The summed E-state index contributed by atoms with van der Waals surface area (Å²) in [6, 6.07) is 13.1. The molecule has 0 aliphatic carbocycles. The Hall–Kier alpha value is -3.55. The van der Waals surface area contributed by atoms with Gasteiger partial charge < -0.3 is 24.7 Å². The van der Waals surface area contributed by atoms with Gasteiger partial charge in [-0.2, -0.15) is 0 Å². The molecule has 32 heavy (non-hydrogen) atoms. The number of nitrogens with zero attached hydrogens (tertiary/aromatic N) is 3. The van der Waals surface area contributed by atoms with Gasteiger partial charge in [-0.05, 0) is 57.0 Å². The number of benzene rings is 2. The highest BCUT2D eigenvalue weighted by Crippen LogP contribution is 2.37. The van der Waals surface area contributed by atoms with Gasteiger partial charge in [0.1, 0.15) is 5.82 Å². The van der Waals surface area contributed by atoms with E-state index in [0.29, 0.717) is 23.6 Å². The van der Waals surface area contributed by atoms with Gasteiger partial charge in [-0.15, -0.1) is 0 Å². The lowest BCUT2D eigenvalue weighted by Gasteiger charge is -2.26. The summed E-state index contributed by atoms with van der Waals surface area (Å²) in [7, 11) is 1.49. The van der Waals surface area contributed by atoms with Crippen molar-refractivity contribution in [2.45, 2.75) is 38.8 Å². The molecule has 1 saturated heterocycles. The lowest BCUT2D eigenvalue weighted by Crippen LogP contribution is -2.32. The zero-order valence-corrected chi connectivity index (χ0v) is 18.6. The van der Waals surface area contributed by atoms with Crippen LogP contribution in [0.25, 0.3) is 11.0 Å². The third-order valence-corrected chi connectivity index (χ3v) is 5.73. The Morgan fingerprint density at radius 3 is 2.69 bits per heavy atom. The van der Waals surface area contributed by atoms with E-state index in [-0.39, 0.29) is 24.6 Å². The van der Waals surface area contributed by atoms with Gasteiger partial charge >= 0.3 is 0 Å². The normalized spacial score (nSPS) is 16.0. The lowest BCUT2D eigenvalue weighted by molar-refractivity contribution is -0.119. The van der Waals surface area contributed by atoms with Crippen LogP contribution >= 0.6 is 0 Å². The third kappa shape index (κ3) is 4.00. The van der Waals surface area contributed by atoms with Gasteiger partial charge in [0.05, 0.1) is 24.2 Å². The Morgan fingerprint density at radius 1 is 1.19 bits per heavy atom. The SMILES string of the molecule is COc1cc(C(=O)N2CCCC2c2nc3ccccc3n2C(C)C)ccc1OCC(N)=O. The van der Waals surface area contributed by atoms with Crippen molar-refractivity contribution in [2.75, 3.05) is 20.3 Å². The molecule has 1 aliphatic heterocycles. The predicted octanol–water partition coefficient (Wildman–Crippen LogP) is 3.47. The van der Waals surface area contributed by atoms with Gasteiger partial charge in [0.15, 0.2) is 18.1 Å². The fourth-order valence-corrected chi connectivity index (χ4v) is 4.35. The summed E-state index contributed by atoms with van der Waals surface area (Å²) < 4.78 is 13.0. The van der Waals surface area contributed by atoms with Crippen molar-refractivity contribution < 1.29 is 19.1 Å². The van der Waals surface area contributed by atoms with E-state index < -0.39 is 5.91 Å². The molecule has 0 saturated carbocycles. The number of amides is 2. The average molecular weight is 437 g/mol. The van der Waals surface area contributed by atoms with Crippen LogP contribution in [-0.2, 0) is 4.79 Å². The number of aromatic nitrogens is 2. The van der Waals surface area contributed by atoms with Crippen molar-refractivity contribution in [1.29, 1.82) is 0 Å². The maximum absolute atomic E-state index is 13.5. The van der Waals surface area contributed by atoms with E-state index in [1.807, 2.05) is 23.1 Å². The van der Waals surface area contributed by atoms with Crippen molar-refractivity contribution in [3.63, 3.8) is 0 Å². The molecular weight excluding hydrogens is 408 g/mol. The summed E-state index contributed by atoms with van der Waals surface area (Å²) in [5.74, 6) is 0.986. The zero-order valence-electron chi connectivity index (χ0n) is 18.6. The second-order valence-corrected chi connectivity index (χ2v) is 8.20. The number of fused-ring (bicyclic) bond motifs is 1. The molecule has 0 spiro atoms. The summed E-state index contributed by atoms with van der Waals surface area (Å²) in [5, 5.41) is 0. The highest BCUT2D eigenvalue weighted by molar-refractivity contribution is 5.95. The summed E-state index contributed by atoms with van der Waals surface area (Å²) in [5.41, 5.74) is 7.66. The molecule has 4 rings (SSSR count). The first-order chi connectivity index (χ1) is 15.4. The number of ether oxygens (including phenoxy) is 2. The zero-order chi connectivity index (χ0) is 22.8. The number of rotatable bonds is 7. The molecule has 0 radical (unpaired) electrons. The summed E-state index contributed by atoms with van der Waals surface area (Å²) in [6.07, 6.45) is 1.77. The van der Waals surface area contributed by atoms with E-state index in [2.05, 4.69) is 24.5 Å². The Kier molecular flexibility index (Phi) is 6.03. The molecule has 0 bridgehead atoms. The molecule has 2 heterocycles. The number of carbonyl (C=O) groups is 2. The van der Waals surface area contributed by atoms with E-state index >= 15 is 0 Å². The van der Waals surface area contributed by atoms with Gasteiger partial charge in [-0.25, -0.2) is 4.98 Å². The van der Waals surface area contributed by atoms with Crippen molar-refractivity contribution >= 4 is 22.8 Å². The number of hydrogen-bond donors (Lipinski definition) is 1. The van der Waals surface area contributed by atoms with Crippen LogP contribution in [0.4, 0.5) is 0 Å². The van der Waals surface area contributed by atoms with E-state index in [9.17, 15) is 9.59 Å². The van der Waals surface area contributed by atoms with Crippen molar-refractivity contribution in [3.05, 3.63) is 53.9 Å². The second kappa shape index (κ2) is 8.90. The molecule has 168 valence electrons. The average Bonchev–Trinajstić information content (AvgIpc) is 3.41. The van der Waals surface area contributed by atoms with Gasteiger partial charge in [0, 0.05) is 18.2 Å².